The van der Waals surface area contributed by atoms with Gasteiger partial charge in [-0.25, -0.2) is 4.90 Å². The maximum atomic E-state index is 12.7. The van der Waals surface area contributed by atoms with Crippen molar-refractivity contribution in [2.75, 3.05) is 17.3 Å². The van der Waals surface area contributed by atoms with E-state index in [1.807, 2.05) is 0 Å². The molecule has 0 saturated carbocycles. The minimum absolute atomic E-state index is 0.0258. The van der Waals surface area contributed by atoms with E-state index in [1.54, 1.807) is 37.3 Å². The van der Waals surface area contributed by atoms with Crippen molar-refractivity contribution in [2.45, 2.75) is 56.2 Å². The third kappa shape index (κ3) is 5.74. The van der Waals surface area contributed by atoms with Crippen molar-refractivity contribution >= 4 is 29.3 Å². The lowest BCUT2D eigenvalue weighted by molar-refractivity contribution is -0.293. The quantitative estimate of drug-likeness (QED) is 0.287. The molecule has 1 aromatic carbocycles. The topological polar surface area (TPSA) is 163 Å². The van der Waals surface area contributed by atoms with E-state index >= 15 is 0 Å². The van der Waals surface area contributed by atoms with E-state index in [-0.39, 0.29) is 23.7 Å². The van der Waals surface area contributed by atoms with Crippen molar-refractivity contribution in [1.29, 1.82) is 0 Å². The van der Waals surface area contributed by atoms with E-state index < -0.39 is 54.7 Å². The molecule has 11 heteroatoms. The second-order valence-corrected chi connectivity index (χ2v) is 8.89. The van der Waals surface area contributed by atoms with Crippen LogP contribution < -0.4 is 10.6 Å². The average Bonchev–Trinajstić information content (AvgIpc) is 3.04. The number of nitrogens with zero attached hydrogens (tertiary/aromatic N) is 1. The third-order valence-electron chi connectivity index (χ3n) is 5.09. The summed E-state index contributed by atoms with van der Waals surface area (Å²) < 4.78 is 11.1. The molecule has 3 rings (SSSR count). The van der Waals surface area contributed by atoms with Gasteiger partial charge in [0.25, 0.3) is 11.8 Å². The Balaban J connectivity index is 1.59. The number of anilines is 1. The predicted molar refractivity (Wildman–Crippen MR) is 116 cm³/mol. The van der Waals surface area contributed by atoms with Gasteiger partial charge < -0.3 is 35.6 Å². The van der Waals surface area contributed by atoms with Gasteiger partial charge in [0.15, 0.2) is 6.29 Å². The summed E-state index contributed by atoms with van der Waals surface area (Å²) >= 11 is 1.00. The van der Waals surface area contributed by atoms with E-state index in [2.05, 4.69) is 0 Å². The molecule has 176 valence electrons. The van der Waals surface area contributed by atoms with Crippen LogP contribution in [0.15, 0.2) is 41.3 Å². The highest BCUT2D eigenvalue weighted by molar-refractivity contribution is 8.04. The van der Waals surface area contributed by atoms with Gasteiger partial charge in [-0.1, -0.05) is 18.2 Å². The molecule has 0 spiro atoms. The van der Waals surface area contributed by atoms with Gasteiger partial charge >= 0.3 is 0 Å². The lowest BCUT2D eigenvalue weighted by atomic mass is 10.00. The van der Waals surface area contributed by atoms with Crippen LogP contribution in [0, 0.1) is 0 Å². The van der Waals surface area contributed by atoms with Crippen molar-refractivity contribution in [1.82, 2.24) is 0 Å². The van der Waals surface area contributed by atoms with Gasteiger partial charge in [-0.3, -0.25) is 9.59 Å². The maximum absolute atomic E-state index is 12.7. The summed E-state index contributed by atoms with van der Waals surface area (Å²) in [6.45, 7) is 1.54. The minimum atomic E-state index is -1.54. The number of hydrogen-bond donors (Lipinski definition) is 5. The van der Waals surface area contributed by atoms with E-state index in [4.69, 9.17) is 15.2 Å². The molecule has 2 heterocycles. The number of imide groups is 1. The zero-order chi connectivity index (χ0) is 23.4. The first-order valence-electron chi connectivity index (χ1n) is 10.2. The highest BCUT2D eigenvalue weighted by Crippen LogP contribution is 2.32. The molecule has 7 atom stereocenters. The van der Waals surface area contributed by atoms with Crippen LogP contribution in [-0.4, -0.2) is 87.5 Å². The second kappa shape index (κ2) is 10.9. The van der Waals surface area contributed by atoms with Crippen molar-refractivity contribution in [3.05, 3.63) is 41.3 Å². The molecule has 3 unspecified atom stereocenters. The van der Waals surface area contributed by atoms with Crippen LogP contribution in [-0.2, 0) is 19.1 Å². The number of carbonyl (C=O) groups excluding carboxylic acids is 2. The molecule has 0 radical (unpaired) electrons. The van der Waals surface area contributed by atoms with Crippen LogP contribution >= 0.6 is 11.8 Å². The summed E-state index contributed by atoms with van der Waals surface area (Å²) in [4.78, 5) is 26.2. The van der Waals surface area contributed by atoms with E-state index in [9.17, 15) is 30.0 Å². The Hall–Kier alpha value is -1.83. The SMILES string of the molecule is C[C@@H](O)C[C@@H](N)CO[C@H]1OC(CSC2=CC(=O)N(c3ccccc3)C2=O)[C@H](O)C(O)C1O. The number of aliphatic hydroxyl groups is 4. The molecule has 6 N–H and O–H groups in total. The molecule has 0 aliphatic carbocycles. The molecule has 0 aromatic heterocycles. The zero-order valence-electron chi connectivity index (χ0n) is 17.5. The number of nitrogens with two attached hydrogens (primary N) is 1. The van der Waals surface area contributed by atoms with Crippen LogP contribution in [0.1, 0.15) is 13.3 Å². The number of benzene rings is 1. The largest absolute Gasteiger partial charge is 0.393 e. The van der Waals surface area contributed by atoms with Gasteiger partial charge in [0, 0.05) is 17.9 Å². The first kappa shape index (κ1) is 24.8. The number of rotatable bonds is 9. The monoisotopic (exact) mass is 468 g/mol. The van der Waals surface area contributed by atoms with Crippen molar-refractivity contribution in [3.8, 4) is 0 Å². The number of thioether (sulfide) groups is 1. The van der Waals surface area contributed by atoms with Gasteiger partial charge in [-0.05, 0) is 25.5 Å². The fourth-order valence-corrected chi connectivity index (χ4v) is 4.48. The predicted octanol–water partition coefficient (Wildman–Crippen LogP) is -0.901. The molecule has 10 nitrogen and oxygen atoms in total. The molecule has 1 aromatic rings. The Morgan fingerprint density at radius 1 is 1.16 bits per heavy atom. The fourth-order valence-electron chi connectivity index (χ4n) is 3.46. The van der Waals surface area contributed by atoms with Crippen LogP contribution in [0.25, 0.3) is 0 Å². The van der Waals surface area contributed by atoms with Crippen LogP contribution in [0.4, 0.5) is 5.69 Å². The second-order valence-electron chi connectivity index (χ2n) is 7.83. The van der Waals surface area contributed by atoms with Crippen LogP contribution in [0.3, 0.4) is 0 Å². The highest BCUT2D eigenvalue weighted by atomic mass is 32.2. The van der Waals surface area contributed by atoms with E-state index in [0.29, 0.717) is 5.69 Å². The number of amides is 2. The molecular weight excluding hydrogens is 440 g/mol. The normalized spacial score (nSPS) is 30.4. The molecule has 2 aliphatic heterocycles. The molecule has 0 bridgehead atoms. The molecule has 2 amide bonds. The van der Waals surface area contributed by atoms with Crippen LogP contribution in [0.5, 0.6) is 0 Å². The van der Waals surface area contributed by atoms with Crippen molar-refractivity contribution in [3.63, 3.8) is 0 Å². The Kier molecular flexibility index (Phi) is 8.42. The van der Waals surface area contributed by atoms with E-state index in [1.165, 1.54) is 6.08 Å². The number of ether oxygens (including phenoxy) is 2. The summed E-state index contributed by atoms with van der Waals surface area (Å²) in [6, 6.07) is 7.98. The number of carbonyl (C=O) groups is 2. The minimum Gasteiger partial charge on any atom is -0.393 e. The summed E-state index contributed by atoms with van der Waals surface area (Å²) in [6.07, 6.45) is -5.85. The Bertz CT molecular complexity index is 836. The standard InChI is InChI=1S/C21H28N2O8S/c1-11(24)7-12(22)9-30-21-19(28)18(27)17(26)14(31-21)10-32-15-8-16(25)23(20(15)29)13-5-3-2-4-6-13/h2-6,8,11-12,14,17-19,21,24,26-28H,7,9-10,22H2,1H3/t11-,12-,14?,17+,18?,19?,21+/m1/s1. The van der Waals surface area contributed by atoms with E-state index in [0.717, 1.165) is 16.7 Å². The first-order chi connectivity index (χ1) is 15.2. The summed E-state index contributed by atoms with van der Waals surface area (Å²) in [5.74, 6) is -0.940. The Morgan fingerprint density at radius 3 is 2.50 bits per heavy atom. The highest BCUT2D eigenvalue weighted by Gasteiger charge is 2.45. The lowest BCUT2D eigenvalue weighted by Gasteiger charge is -2.40. The van der Waals surface area contributed by atoms with Gasteiger partial charge in [0.05, 0.1) is 29.4 Å². The summed E-state index contributed by atoms with van der Waals surface area (Å²) in [5, 5.41) is 40.0. The third-order valence-corrected chi connectivity index (χ3v) is 6.19. The average molecular weight is 469 g/mol. The van der Waals surface area contributed by atoms with Crippen molar-refractivity contribution in [2.24, 2.45) is 5.73 Å². The maximum Gasteiger partial charge on any atom is 0.271 e. The van der Waals surface area contributed by atoms with Gasteiger partial charge in [-0.2, -0.15) is 0 Å². The Labute approximate surface area is 189 Å². The molecule has 32 heavy (non-hydrogen) atoms. The van der Waals surface area contributed by atoms with Gasteiger partial charge in [0.2, 0.25) is 0 Å². The summed E-state index contributed by atoms with van der Waals surface area (Å²) in [7, 11) is 0. The molecule has 1 saturated heterocycles. The lowest BCUT2D eigenvalue weighted by Crippen LogP contribution is -2.59. The number of hydrogen-bond acceptors (Lipinski definition) is 10. The Morgan fingerprint density at radius 2 is 1.84 bits per heavy atom. The van der Waals surface area contributed by atoms with Gasteiger partial charge in [-0.15, -0.1) is 11.8 Å². The fraction of sp³-hybridized carbons (Fsp3) is 0.524. The van der Waals surface area contributed by atoms with Gasteiger partial charge in [0.1, 0.15) is 18.3 Å². The zero-order valence-corrected chi connectivity index (χ0v) is 18.3. The number of para-hydroxylation sites is 1. The molecular formula is C21H28N2O8S. The van der Waals surface area contributed by atoms with Crippen molar-refractivity contribution < 1.29 is 39.5 Å². The molecule has 2 aliphatic rings. The number of aliphatic hydroxyl groups excluding tert-OH is 4. The molecule has 1 fully saturated rings. The smallest absolute Gasteiger partial charge is 0.271 e. The van der Waals surface area contributed by atoms with Crippen LogP contribution in [0.2, 0.25) is 0 Å². The summed E-state index contributed by atoms with van der Waals surface area (Å²) in [5.41, 5.74) is 6.29. The first-order valence-corrected chi connectivity index (χ1v) is 11.2.